The molecule has 3 N–H and O–H groups in total. The van der Waals surface area contributed by atoms with E-state index in [1.165, 1.54) is 19.3 Å². The van der Waals surface area contributed by atoms with Crippen molar-refractivity contribution >= 4 is 0 Å². The van der Waals surface area contributed by atoms with E-state index in [2.05, 4.69) is 9.97 Å². The molecule has 2 aliphatic carbocycles. The molecule has 0 aliphatic heterocycles. The molecule has 0 bridgehead atoms. The van der Waals surface area contributed by atoms with Crippen LogP contribution in [0.5, 0.6) is 0 Å². The van der Waals surface area contributed by atoms with Crippen LogP contribution >= 0.6 is 0 Å². The zero-order valence-corrected chi connectivity index (χ0v) is 8.32. The fourth-order valence-corrected chi connectivity index (χ4v) is 2.91. The molecule has 0 spiro atoms. The van der Waals surface area contributed by atoms with E-state index in [0.717, 1.165) is 30.0 Å². The second kappa shape index (κ2) is 3.09. The Hall–Kier alpha value is -0.830. The Morgan fingerprint density at radius 3 is 2.86 bits per heavy atom. The third-order valence-electron chi connectivity index (χ3n) is 3.87. The monoisotopic (exact) mass is 191 g/mol. The number of hydrogen-bond acceptors (Lipinski definition) is 2. The Bertz CT molecular complexity index is 296. The highest BCUT2D eigenvalue weighted by Crippen LogP contribution is 2.55. The predicted molar refractivity (Wildman–Crippen MR) is 54.6 cm³/mol. The summed E-state index contributed by atoms with van der Waals surface area (Å²) in [4.78, 5) is 7.35. The normalized spacial score (nSPS) is 36.8. The highest BCUT2D eigenvalue weighted by molar-refractivity contribution is 5.01. The molecule has 3 unspecified atom stereocenters. The summed E-state index contributed by atoms with van der Waals surface area (Å²) in [7, 11) is 0. The molecular formula is C11H17N3. The van der Waals surface area contributed by atoms with Gasteiger partial charge >= 0.3 is 0 Å². The molecule has 2 fully saturated rings. The van der Waals surface area contributed by atoms with E-state index in [1.807, 2.05) is 6.20 Å². The number of fused-ring (bicyclic) bond motifs is 1. The number of nitrogens with zero attached hydrogens (tertiary/aromatic N) is 1. The van der Waals surface area contributed by atoms with Crippen molar-refractivity contribution in [3.05, 3.63) is 18.2 Å². The van der Waals surface area contributed by atoms with E-state index in [0.29, 0.717) is 6.04 Å². The fourth-order valence-electron chi connectivity index (χ4n) is 2.91. The van der Waals surface area contributed by atoms with Gasteiger partial charge < -0.3 is 10.7 Å². The lowest BCUT2D eigenvalue weighted by atomic mass is 9.93. The molecule has 0 saturated heterocycles. The molecule has 1 aromatic heterocycles. The standard InChI is InChI=1S/C11H17N3/c12-10(6-11-13-1-2-14-11)9-4-7-3-8(7)5-9/h1-2,7-10H,3-6,12H2,(H,13,14). The third-order valence-corrected chi connectivity index (χ3v) is 3.87. The summed E-state index contributed by atoms with van der Waals surface area (Å²) in [6, 6.07) is 0.314. The molecule has 0 amide bonds. The molecule has 3 atom stereocenters. The molecule has 0 radical (unpaired) electrons. The van der Waals surface area contributed by atoms with Crippen LogP contribution in [0.4, 0.5) is 0 Å². The molecule has 0 aromatic carbocycles. The van der Waals surface area contributed by atoms with Crippen LogP contribution in [0, 0.1) is 17.8 Å². The van der Waals surface area contributed by atoms with Crippen molar-refractivity contribution in [3.8, 4) is 0 Å². The first-order valence-electron chi connectivity index (χ1n) is 5.57. The van der Waals surface area contributed by atoms with Gasteiger partial charge in [-0.05, 0) is 37.0 Å². The largest absolute Gasteiger partial charge is 0.349 e. The van der Waals surface area contributed by atoms with Gasteiger partial charge in [0.25, 0.3) is 0 Å². The first-order valence-corrected chi connectivity index (χ1v) is 5.57. The van der Waals surface area contributed by atoms with Crippen LogP contribution in [0.15, 0.2) is 12.4 Å². The summed E-state index contributed by atoms with van der Waals surface area (Å²) < 4.78 is 0. The smallest absolute Gasteiger partial charge is 0.107 e. The molecule has 3 nitrogen and oxygen atoms in total. The Morgan fingerprint density at radius 2 is 2.21 bits per heavy atom. The van der Waals surface area contributed by atoms with Crippen molar-refractivity contribution < 1.29 is 0 Å². The second-order valence-electron chi connectivity index (χ2n) is 4.89. The number of aromatic nitrogens is 2. The number of nitrogens with two attached hydrogens (primary N) is 1. The molecular weight excluding hydrogens is 174 g/mol. The van der Waals surface area contributed by atoms with Crippen LogP contribution in [0.2, 0.25) is 0 Å². The quantitative estimate of drug-likeness (QED) is 0.757. The topological polar surface area (TPSA) is 54.7 Å². The molecule has 1 heterocycles. The number of imidazole rings is 1. The maximum Gasteiger partial charge on any atom is 0.107 e. The van der Waals surface area contributed by atoms with Crippen LogP contribution in [-0.2, 0) is 6.42 Å². The van der Waals surface area contributed by atoms with Crippen molar-refractivity contribution in [2.45, 2.75) is 31.7 Å². The number of hydrogen-bond donors (Lipinski definition) is 2. The van der Waals surface area contributed by atoms with Crippen LogP contribution in [0.1, 0.15) is 25.1 Å². The van der Waals surface area contributed by atoms with E-state index in [9.17, 15) is 0 Å². The van der Waals surface area contributed by atoms with Gasteiger partial charge in [-0.3, -0.25) is 0 Å². The number of H-pyrrole nitrogens is 1. The van der Waals surface area contributed by atoms with E-state index in [4.69, 9.17) is 5.73 Å². The van der Waals surface area contributed by atoms with Gasteiger partial charge in [0.2, 0.25) is 0 Å². The summed E-state index contributed by atoms with van der Waals surface area (Å²) in [5.41, 5.74) is 6.19. The van der Waals surface area contributed by atoms with E-state index < -0.39 is 0 Å². The summed E-state index contributed by atoms with van der Waals surface area (Å²) in [6.45, 7) is 0. The Balaban J connectivity index is 1.58. The SMILES string of the molecule is NC(Cc1ncc[nH]1)C1CC2CC2C1. The van der Waals surface area contributed by atoms with Crippen molar-refractivity contribution in [1.82, 2.24) is 9.97 Å². The summed E-state index contributed by atoms with van der Waals surface area (Å²) in [6.07, 6.45) is 8.79. The molecule has 2 aliphatic rings. The van der Waals surface area contributed by atoms with Crippen molar-refractivity contribution in [2.24, 2.45) is 23.5 Å². The minimum atomic E-state index is 0.314. The molecule has 14 heavy (non-hydrogen) atoms. The maximum atomic E-state index is 6.19. The zero-order chi connectivity index (χ0) is 9.54. The lowest BCUT2D eigenvalue weighted by Gasteiger charge is -2.19. The number of rotatable bonds is 3. The highest BCUT2D eigenvalue weighted by atomic mass is 14.9. The maximum absolute atomic E-state index is 6.19. The third kappa shape index (κ3) is 1.46. The van der Waals surface area contributed by atoms with Gasteiger partial charge in [0.05, 0.1) is 0 Å². The predicted octanol–water partition coefficient (Wildman–Crippen LogP) is 1.33. The van der Waals surface area contributed by atoms with E-state index in [1.54, 1.807) is 6.20 Å². The fraction of sp³-hybridized carbons (Fsp3) is 0.727. The van der Waals surface area contributed by atoms with Crippen LogP contribution in [0.25, 0.3) is 0 Å². The molecule has 3 heteroatoms. The van der Waals surface area contributed by atoms with E-state index >= 15 is 0 Å². The number of nitrogens with one attached hydrogen (secondary N) is 1. The van der Waals surface area contributed by atoms with Crippen LogP contribution in [-0.4, -0.2) is 16.0 Å². The second-order valence-corrected chi connectivity index (χ2v) is 4.89. The minimum absolute atomic E-state index is 0.314. The van der Waals surface area contributed by atoms with Crippen molar-refractivity contribution in [1.29, 1.82) is 0 Å². The summed E-state index contributed by atoms with van der Waals surface area (Å²) in [5.74, 6) is 3.85. The highest BCUT2D eigenvalue weighted by Gasteiger charge is 2.47. The van der Waals surface area contributed by atoms with Gasteiger partial charge in [-0.1, -0.05) is 0 Å². The molecule has 76 valence electrons. The molecule has 1 aromatic rings. The Kier molecular flexibility index (Phi) is 1.87. The first kappa shape index (κ1) is 8.48. The van der Waals surface area contributed by atoms with Gasteiger partial charge in [-0.25, -0.2) is 4.98 Å². The van der Waals surface area contributed by atoms with Gasteiger partial charge in [0.15, 0.2) is 0 Å². The summed E-state index contributed by atoms with van der Waals surface area (Å²) in [5, 5.41) is 0. The Labute approximate surface area is 84.1 Å². The van der Waals surface area contributed by atoms with Crippen LogP contribution in [0.3, 0.4) is 0 Å². The molecule has 3 rings (SSSR count). The van der Waals surface area contributed by atoms with E-state index in [-0.39, 0.29) is 0 Å². The van der Waals surface area contributed by atoms with Gasteiger partial charge in [-0.2, -0.15) is 0 Å². The van der Waals surface area contributed by atoms with Crippen molar-refractivity contribution in [2.75, 3.05) is 0 Å². The van der Waals surface area contributed by atoms with Crippen molar-refractivity contribution in [3.63, 3.8) is 0 Å². The van der Waals surface area contributed by atoms with Gasteiger partial charge in [0.1, 0.15) is 5.82 Å². The van der Waals surface area contributed by atoms with Gasteiger partial charge in [-0.15, -0.1) is 0 Å². The van der Waals surface area contributed by atoms with Crippen LogP contribution < -0.4 is 5.73 Å². The number of aromatic amines is 1. The lowest BCUT2D eigenvalue weighted by molar-refractivity contribution is 0.388. The summed E-state index contributed by atoms with van der Waals surface area (Å²) >= 11 is 0. The lowest BCUT2D eigenvalue weighted by Crippen LogP contribution is -2.31. The Morgan fingerprint density at radius 1 is 1.43 bits per heavy atom. The average molecular weight is 191 g/mol. The van der Waals surface area contributed by atoms with Gasteiger partial charge in [0, 0.05) is 24.9 Å². The average Bonchev–Trinajstić information content (AvgIpc) is 2.68. The zero-order valence-electron chi connectivity index (χ0n) is 8.32. The minimum Gasteiger partial charge on any atom is -0.349 e. The molecule has 2 saturated carbocycles. The first-order chi connectivity index (χ1) is 6.83.